The number of nitrogens with zero attached hydrogens (tertiary/aromatic N) is 1. The average Bonchev–Trinajstić information content (AvgIpc) is 2.56. The zero-order valence-electron chi connectivity index (χ0n) is 7.14. The predicted molar refractivity (Wildman–Crippen MR) is 56.4 cm³/mol. The van der Waals surface area contributed by atoms with Gasteiger partial charge in [0.1, 0.15) is 6.07 Å². The van der Waals surface area contributed by atoms with Crippen LogP contribution in [0.4, 0.5) is 0 Å². The fourth-order valence-electron chi connectivity index (χ4n) is 1.36. The van der Waals surface area contributed by atoms with Gasteiger partial charge in [-0.25, -0.2) is 0 Å². The zero-order chi connectivity index (χ0) is 10.1. The Morgan fingerprint density at radius 2 is 2.00 bits per heavy atom. The number of rotatable bonds is 1. The Kier molecular flexibility index (Phi) is 2.26. The summed E-state index contributed by atoms with van der Waals surface area (Å²) in [6, 6.07) is 9.32. The lowest BCUT2D eigenvalue weighted by molar-refractivity contribution is 0.427. The Labute approximate surface area is 85.0 Å². The molecule has 1 heterocycles. The van der Waals surface area contributed by atoms with Crippen molar-refractivity contribution < 1.29 is 10.0 Å². The SMILES string of the molecule is N#Cc1c(B(O)O)sc2ccccc12. The van der Waals surface area contributed by atoms with Gasteiger partial charge in [0.05, 0.1) is 10.3 Å². The molecule has 2 rings (SSSR count). The van der Waals surface area contributed by atoms with Gasteiger partial charge in [-0.15, -0.1) is 11.3 Å². The van der Waals surface area contributed by atoms with E-state index in [-0.39, 0.29) is 0 Å². The van der Waals surface area contributed by atoms with Crippen LogP contribution in [0.25, 0.3) is 10.1 Å². The summed E-state index contributed by atoms with van der Waals surface area (Å²) in [5, 5.41) is 27.8. The van der Waals surface area contributed by atoms with Gasteiger partial charge in [0, 0.05) is 10.1 Å². The van der Waals surface area contributed by atoms with Crippen molar-refractivity contribution in [1.29, 1.82) is 5.26 Å². The lowest BCUT2D eigenvalue weighted by atomic mass is 9.85. The van der Waals surface area contributed by atoms with Gasteiger partial charge in [-0.3, -0.25) is 0 Å². The van der Waals surface area contributed by atoms with Crippen molar-refractivity contribution >= 4 is 33.3 Å². The molecule has 68 valence electrons. The molecule has 0 saturated heterocycles. The van der Waals surface area contributed by atoms with Crippen LogP contribution in [0.1, 0.15) is 5.56 Å². The van der Waals surface area contributed by atoms with E-state index in [1.165, 1.54) is 11.3 Å². The van der Waals surface area contributed by atoms with Crippen LogP contribution in [0.2, 0.25) is 0 Å². The van der Waals surface area contributed by atoms with Gasteiger partial charge >= 0.3 is 7.12 Å². The molecule has 0 aliphatic rings. The van der Waals surface area contributed by atoms with Crippen LogP contribution in [0, 0.1) is 11.3 Å². The zero-order valence-corrected chi connectivity index (χ0v) is 7.95. The smallest absolute Gasteiger partial charge is 0.423 e. The van der Waals surface area contributed by atoms with Crippen molar-refractivity contribution in [1.82, 2.24) is 0 Å². The van der Waals surface area contributed by atoms with Gasteiger partial charge in [-0.2, -0.15) is 5.26 Å². The van der Waals surface area contributed by atoms with E-state index in [9.17, 15) is 0 Å². The molecule has 3 nitrogen and oxygen atoms in total. The first kappa shape index (κ1) is 9.22. The summed E-state index contributed by atoms with van der Waals surface area (Å²) in [4.78, 5) is 0. The van der Waals surface area contributed by atoms with Gasteiger partial charge in [0.15, 0.2) is 0 Å². The van der Waals surface area contributed by atoms with Crippen LogP contribution in [-0.2, 0) is 0 Å². The van der Waals surface area contributed by atoms with Crippen LogP contribution < -0.4 is 4.78 Å². The lowest BCUT2D eigenvalue weighted by Gasteiger charge is -1.92. The first-order valence-corrected chi connectivity index (χ1v) is 4.83. The first-order valence-electron chi connectivity index (χ1n) is 4.01. The minimum absolute atomic E-state index is 0.314. The van der Waals surface area contributed by atoms with E-state index in [1.807, 2.05) is 24.3 Å². The summed E-state index contributed by atoms with van der Waals surface area (Å²) in [7, 11) is -1.57. The summed E-state index contributed by atoms with van der Waals surface area (Å²) in [5.74, 6) is 0. The van der Waals surface area contributed by atoms with Crippen LogP contribution in [0.3, 0.4) is 0 Å². The first-order chi connectivity index (χ1) is 6.74. The number of benzene rings is 1. The topological polar surface area (TPSA) is 64.2 Å². The van der Waals surface area contributed by atoms with Crippen molar-refractivity contribution in [3.8, 4) is 6.07 Å². The Hall–Kier alpha value is -1.35. The molecule has 0 unspecified atom stereocenters. The van der Waals surface area contributed by atoms with Crippen molar-refractivity contribution in [2.45, 2.75) is 0 Å². The second kappa shape index (κ2) is 3.43. The minimum atomic E-state index is -1.57. The van der Waals surface area contributed by atoms with E-state index in [2.05, 4.69) is 0 Å². The van der Waals surface area contributed by atoms with E-state index < -0.39 is 7.12 Å². The second-order valence-electron chi connectivity index (χ2n) is 2.82. The van der Waals surface area contributed by atoms with Crippen LogP contribution in [0.15, 0.2) is 24.3 Å². The number of thiophene rings is 1. The largest absolute Gasteiger partial charge is 0.500 e. The van der Waals surface area contributed by atoms with E-state index in [1.54, 1.807) is 6.07 Å². The highest BCUT2D eigenvalue weighted by Gasteiger charge is 2.21. The molecule has 5 heteroatoms. The molecule has 1 aromatic heterocycles. The average molecular weight is 203 g/mol. The normalized spacial score (nSPS) is 10.1. The van der Waals surface area contributed by atoms with Gasteiger partial charge in [0.25, 0.3) is 0 Å². The Morgan fingerprint density at radius 1 is 1.29 bits per heavy atom. The number of hydrogen-bond donors (Lipinski definition) is 2. The molecule has 0 saturated carbocycles. The fourth-order valence-corrected chi connectivity index (χ4v) is 2.39. The van der Waals surface area contributed by atoms with E-state index in [0.717, 1.165) is 10.1 Å². The van der Waals surface area contributed by atoms with E-state index in [0.29, 0.717) is 10.3 Å². The van der Waals surface area contributed by atoms with Crippen LogP contribution in [-0.4, -0.2) is 17.2 Å². The highest BCUT2D eigenvalue weighted by molar-refractivity contribution is 7.28. The number of nitriles is 1. The van der Waals surface area contributed by atoms with Gasteiger partial charge in [-0.05, 0) is 6.07 Å². The summed E-state index contributed by atoms with van der Waals surface area (Å²) in [6.07, 6.45) is 0. The molecule has 0 bridgehead atoms. The molecule has 0 aliphatic carbocycles. The van der Waals surface area contributed by atoms with Crippen molar-refractivity contribution in [3.63, 3.8) is 0 Å². The predicted octanol–water partition coefficient (Wildman–Crippen LogP) is 0.453. The standard InChI is InChI=1S/C9H6BNO2S/c11-5-7-6-3-1-2-4-8(6)14-9(7)10(12)13/h1-4,12-13H. The highest BCUT2D eigenvalue weighted by atomic mass is 32.1. The molecule has 0 spiro atoms. The van der Waals surface area contributed by atoms with Crippen LogP contribution in [0.5, 0.6) is 0 Å². The summed E-state index contributed by atoms with van der Waals surface area (Å²) in [6.45, 7) is 0. The van der Waals surface area contributed by atoms with Crippen molar-refractivity contribution in [2.24, 2.45) is 0 Å². The molecule has 0 fully saturated rings. The molecule has 0 atom stereocenters. The molecular formula is C9H6BNO2S. The Bertz CT molecular complexity index is 515. The maximum absolute atomic E-state index is 9.05. The molecular weight excluding hydrogens is 197 g/mol. The fraction of sp³-hybridized carbons (Fsp3) is 0. The monoisotopic (exact) mass is 203 g/mol. The molecule has 2 N–H and O–H groups in total. The third-order valence-corrected chi connectivity index (χ3v) is 3.18. The minimum Gasteiger partial charge on any atom is -0.423 e. The Morgan fingerprint density at radius 3 is 2.64 bits per heavy atom. The molecule has 2 aromatic rings. The molecule has 0 radical (unpaired) electrons. The summed E-state index contributed by atoms with van der Waals surface area (Å²) >= 11 is 1.23. The van der Waals surface area contributed by atoms with Crippen molar-refractivity contribution in [3.05, 3.63) is 29.8 Å². The second-order valence-corrected chi connectivity index (χ2v) is 3.91. The maximum Gasteiger partial charge on any atom is 0.500 e. The molecule has 14 heavy (non-hydrogen) atoms. The van der Waals surface area contributed by atoms with Crippen molar-refractivity contribution in [2.75, 3.05) is 0 Å². The quantitative estimate of drug-likeness (QED) is 0.661. The highest BCUT2D eigenvalue weighted by Crippen LogP contribution is 2.23. The summed E-state index contributed by atoms with van der Waals surface area (Å²) < 4.78 is 1.21. The van der Waals surface area contributed by atoms with Gasteiger partial charge < -0.3 is 10.0 Å². The van der Waals surface area contributed by atoms with Gasteiger partial charge in [-0.1, -0.05) is 18.2 Å². The maximum atomic E-state index is 9.05. The number of fused-ring (bicyclic) bond motifs is 1. The Balaban J connectivity index is 2.81. The van der Waals surface area contributed by atoms with Crippen LogP contribution >= 0.6 is 11.3 Å². The van der Waals surface area contributed by atoms with Gasteiger partial charge in [0.2, 0.25) is 0 Å². The molecule has 0 aliphatic heterocycles. The van der Waals surface area contributed by atoms with E-state index >= 15 is 0 Å². The summed E-state index contributed by atoms with van der Waals surface area (Å²) in [5.41, 5.74) is 0.362. The third-order valence-electron chi connectivity index (χ3n) is 1.97. The number of hydrogen-bond acceptors (Lipinski definition) is 4. The lowest BCUT2D eigenvalue weighted by Crippen LogP contribution is -2.28. The van der Waals surface area contributed by atoms with E-state index in [4.69, 9.17) is 15.3 Å². The molecule has 1 aromatic carbocycles. The third kappa shape index (κ3) is 1.30. The molecule has 0 amide bonds.